The molecule has 0 saturated heterocycles. The lowest BCUT2D eigenvalue weighted by Crippen LogP contribution is -2.61. The maximum Gasteiger partial charge on any atom is 0.0843 e. The van der Waals surface area contributed by atoms with E-state index in [2.05, 4.69) is 17.4 Å². The highest BCUT2D eigenvalue weighted by molar-refractivity contribution is 4.60. The molecule has 1 saturated carbocycles. The second-order valence-corrected chi connectivity index (χ2v) is 2.50. The monoisotopic (exact) mass is 133 g/mol. The van der Waals surface area contributed by atoms with E-state index in [1.165, 1.54) is 32.1 Å². The lowest BCUT2D eigenvalue weighted by molar-refractivity contribution is -0.425. The van der Waals surface area contributed by atoms with Gasteiger partial charge < -0.3 is 5.73 Å². The standard InChI is InChI=1S/C6H13N.H4N2/c7-6-4-2-1-3-5-6;1-2/h6H,1-5,7H2;1-2H2/p+2. The second-order valence-electron chi connectivity index (χ2n) is 2.50. The Morgan fingerprint density at radius 3 is 1.67 bits per heavy atom. The Kier molecular flexibility index (Phi) is 5.93. The number of rotatable bonds is 0. The Hall–Kier alpha value is -0.120. The van der Waals surface area contributed by atoms with Crippen molar-refractivity contribution < 1.29 is 11.6 Å². The fourth-order valence-corrected chi connectivity index (χ4v) is 1.19. The van der Waals surface area contributed by atoms with E-state index in [1.54, 1.807) is 0 Å². The van der Waals surface area contributed by atoms with E-state index < -0.39 is 0 Å². The first-order valence-electron chi connectivity index (χ1n) is 3.63. The molecule has 1 aliphatic rings. The van der Waals surface area contributed by atoms with Gasteiger partial charge in [0.15, 0.2) is 0 Å². The third-order valence-corrected chi connectivity index (χ3v) is 1.72. The van der Waals surface area contributed by atoms with E-state index in [-0.39, 0.29) is 0 Å². The van der Waals surface area contributed by atoms with Gasteiger partial charge in [-0.15, -0.1) is 0 Å². The summed E-state index contributed by atoms with van der Waals surface area (Å²) >= 11 is 0. The Balaban J connectivity index is 0.000000291. The summed E-state index contributed by atoms with van der Waals surface area (Å²) in [5, 5.41) is 0. The van der Waals surface area contributed by atoms with Gasteiger partial charge in [0.1, 0.15) is 0 Å². The molecule has 0 atom stereocenters. The van der Waals surface area contributed by atoms with E-state index >= 15 is 0 Å². The first-order valence-corrected chi connectivity index (χ1v) is 3.63. The Labute approximate surface area is 56.6 Å². The molecule has 8 N–H and O–H groups in total. The summed E-state index contributed by atoms with van der Waals surface area (Å²) in [6.07, 6.45) is 7.05. The minimum Gasteiger partial charge on any atom is -0.355 e. The lowest BCUT2D eigenvalue weighted by atomic mass is 9.97. The zero-order valence-corrected chi connectivity index (χ0v) is 6.10. The molecule has 0 aromatic carbocycles. The van der Waals surface area contributed by atoms with Crippen LogP contribution in [0.3, 0.4) is 0 Å². The van der Waals surface area contributed by atoms with Crippen molar-refractivity contribution in [3.8, 4) is 0 Å². The van der Waals surface area contributed by atoms with Gasteiger partial charge in [0.05, 0.1) is 6.04 Å². The molecule has 0 heterocycles. The highest BCUT2D eigenvalue weighted by Gasteiger charge is 2.09. The van der Waals surface area contributed by atoms with Crippen LogP contribution < -0.4 is 17.4 Å². The molecular formula is C6H19N3+2. The molecule has 0 bridgehead atoms. The van der Waals surface area contributed by atoms with Crippen molar-refractivity contribution in [1.82, 2.24) is 0 Å². The SMILES string of the molecule is N[NH3+].[NH3+]C1CCCCC1. The van der Waals surface area contributed by atoms with Crippen molar-refractivity contribution in [3.63, 3.8) is 0 Å². The van der Waals surface area contributed by atoms with Crippen LogP contribution in [0.1, 0.15) is 32.1 Å². The lowest BCUT2D eigenvalue weighted by Gasteiger charge is -2.12. The zero-order chi connectivity index (χ0) is 7.11. The first-order chi connectivity index (χ1) is 4.39. The van der Waals surface area contributed by atoms with E-state index in [1.807, 2.05) is 0 Å². The van der Waals surface area contributed by atoms with Crippen LogP contribution in [0.15, 0.2) is 0 Å². The van der Waals surface area contributed by atoms with E-state index in [4.69, 9.17) is 0 Å². The van der Waals surface area contributed by atoms with Crippen LogP contribution in [0.25, 0.3) is 0 Å². The highest BCUT2D eigenvalue weighted by Crippen LogP contribution is 2.13. The van der Waals surface area contributed by atoms with Crippen LogP contribution >= 0.6 is 0 Å². The van der Waals surface area contributed by atoms with Crippen molar-refractivity contribution in [2.45, 2.75) is 38.1 Å². The van der Waals surface area contributed by atoms with Gasteiger partial charge >= 0.3 is 0 Å². The van der Waals surface area contributed by atoms with Crippen molar-refractivity contribution >= 4 is 0 Å². The smallest absolute Gasteiger partial charge is 0.0843 e. The molecule has 0 aromatic rings. The Morgan fingerprint density at radius 2 is 1.44 bits per heavy atom. The molecule has 1 fully saturated rings. The number of hydrogen-bond donors (Lipinski definition) is 3. The molecule has 0 aromatic heterocycles. The van der Waals surface area contributed by atoms with Crippen molar-refractivity contribution in [2.24, 2.45) is 5.84 Å². The quantitative estimate of drug-likeness (QED) is 0.277. The van der Waals surface area contributed by atoms with E-state index in [9.17, 15) is 0 Å². The fourth-order valence-electron chi connectivity index (χ4n) is 1.19. The summed E-state index contributed by atoms with van der Waals surface area (Å²) in [6, 6.07) is 0.786. The molecule has 0 aliphatic heterocycles. The highest BCUT2D eigenvalue weighted by atomic mass is 15.0. The minimum absolute atomic E-state index is 0.786. The molecular weight excluding hydrogens is 114 g/mol. The minimum atomic E-state index is 0.786. The van der Waals surface area contributed by atoms with Gasteiger partial charge in [0.25, 0.3) is 0 Å². The third-order valence-electron chi connectivity index (χ3n) is 1.72. The maximum absolute atomic E-state index is 4.25. The molecule has 0 unspecified atom stereocenters. The number of hydrogen-bond acceptors (Lipinski definition) is 1. The molecule has 3 heteroatoms. The third kappa shape index (κ3) is 4.39. The average Bonchev–Trinajstić information content (AvgIpc) is 1.94. The molecule has 3 nitrogen and oxygen atoms in total. The normalized spacial score (nSPS) is 20.3. The molecule has 1 aliphatic carbocycles. The van der Waals surface area contributed by atoms with Crippen molar-refractivity contribution in [1.29, 1.82) is 0 Å². The van der Waals surface area contributed by atoms with Gasteiger partial charge in [0.2, 0.25) is 0 Å². The summed E-state index contributed by atoms with van der Waals surface area (Å²) < 4.78 is 0. The predicted octanol–water partition coefficient (Wildman–Crippen LogP) is -1.34. The predicted molar refractivity (Wildman–Crippen MR) is 36.8 cm³/mol. The van der Waals surface area contributed by atoms with Gasteiger partial charge in [-0.05, 0) is 25.7 Å². The topological polar surface area (TPSA) is 81.3 Å². The van der Waals surface area contributed by atoms with Crippen molar-refractivity contribution in [3.05, 3.63) is 0 Å². The second kappa shape index (κ2) is 6.01. The van der Waals surface area contributed by atoms with Crippen LogP contribution in [0.5, 0.6) is 0 Å². The molecule has 0 radical (unpaired) electrons. The van der Waals surface area contributed by atoms with Crippen LogP contribution in [-0.4, -0.2) is 6.04 Å². The molecule has 0 amide bonds. The van der Waals surface area contributed by atoms with Gasteiger partial charge in [-0.25, -0.2) is 0 Å². The van der Waals surface area contributed by atoms with E-state index in [0.717, 1.165) is 6.04 Å². The van der Waals surface area contributed by atoms with Gasteiger partial charge in [0, 0.05) is 0 Å². The van der Waals surface area contributed by atoms with Crippen molar-refractivity contribution in [2.75, 3.05) is 0 Å². The summed E-state index contributed by atoms with van der Waals surface area (Å²) in [5.41, 5.74) is 4.00. The fraction of sp³-hybridized carbons (Fsp3) is 1.00. The van der Waals surface area contributed by atoms with E-state index in [0.29, 0.717) is 0 Å². The summed E-state index contributed by atoms with van der Waals surface area (Å²) in [4.78, 5) is 0. The summed E-state index contributed by atoms with van der Waals surface area (Å²) in [6.45, 7) is 0. The largest absolute Gasteiger partial charge is 0.355 e. The Morgan fingerprint density at radius 1 is 1.00 bits per heavy atom. The summed E-state index contributed by atoms with van der Waals surface area (Å²) in [5.74, 6) is 7.00. The van der Waals surface area contributed by atoms with Crippen LogP contribution in [0, 0.1) is 0 Å². The maximum atomic E-state index is 4.25. The van der Waals surface area contributed by atoms with Gasteiger partial charge in [-0.2, -0.15) is 5.84 Å². The molecule has 0 spiro atoms. The zero-order valence-electron chi connectivity index (χ0n) is 6.10. The van der Waals surface area contributed by atoms with Gasteiger partial charge in [-0.3, -0.25) is 5.84 Å². The first kappa shape index (κ1) is 8.88. The van der Waals surface area contributed by atoms with Crippen LogP contribution in [0.4, 0.5) is 0 Å². The Bertz CT molecular complexity index is 50.3. The molecule has 9 heavy (non-hydrogen) atoms. The summed E-state index contributed by atoms with van der Waals surface area (Å²) in [7, 11) is 0. The molecule has 56 valence electrons. The van der Waals surface area contributed by atoms with Crippen LogP contribution in [0.2, 0.25) is 0 Å². The van der Waals surface area contributed by atoms with Crippen LogP contribution in [-0.2, 0) is 0 Å². The number of quaternary nitrogens is 2. The average molecular weight is 133 g/mol. The van der Waals surface area contributed by atoms with Gasteiger partial charge in [-0.1, -0.05) is 6.42 Å². The molecule has 1 rings (SSSR count). The number of nitrogens with two attached hydrogens (primary N) is 1.